The first kappa shape index (κ1) is 19.8. The van der Waals surface area contributed by atoms with Gasteiger partial charge in [-0.3, -0.25) is 0 Å². The van der Waals surface area contributed by atoms with E-state index in [2.05, 4.69) is 36.4 Å². The van der Waals surface area contributed by atoms with Crippen LogP contribution in [0.2, 0.25) is 0 Å². The van der Waals surface area contributed by atoms with E-state index in [1.807, 2.05) is 62.4 Å². The zero-order chi connectivity index (χ0) is 19.9. The van der Waals surface area contributed by atoms with Crippen LogP contribution in [-0.2, 0) is 6.61 Å². The molecule has 3 aromatic rings. The van der Waals surface area contributed by atoms with Crippen molar-refractivity contribution >= 4 is 28.1 Å². The maximum absolute atomic E-state index is 5.95. The number of nitrogens with one attached hydrogen (secondary N) is 1. The minimum absolute atomic E-state index is 0.453. The molecule has 2 aromatic carbocycles. The van der Waals surface area contributed by atoms with Crippen molar-refractivity contribution in [1.29, 1.82) is 0 Å². The number of aromatic nitrogens is 2. The fourth-order valence-corrected chi connectivity index (χ4v) is 3.20. The molecule has 1 heterocycles. The summed E-state index contributed by atoms with van der Waals surface area (Å²) in [5.41, 5.74) is 6.54. The highest BCUT2D eigenvalue weighted by molar-refractivity contribution is 9.10. The fraction of sp³-hybridized carbons (Fsp3) is 0.190. The average molecular weight is 441 g/mol. The molecular weight excluding hydrogens is 420 g/mol. The first-order chi connectivity index (χ1) is 13.5. The Labute approximate surface area is 172 Å². The van der Waals surface area contributed by atoms with Gasteiger partial charge in [-0.15, -0.1) is 0 Å². The van der Waals surface area contributed by atoms with Crippen molar-refractivity contribution in [3.63, 3.8) is 0 Å². The first-order valence-corrected chi connectivity index (χ1v) is 9.50. The Balaban J connectivity index is 1.73. The van der Waals surface area contributed by atoms with Gasteiger partial charge in [0.1, 0.15) is 6.61 Å². The Morgan fingerprint density at radius 2 is 1.79 bits per heavy atom. The van der Waals surface area contributed by atoms with Crippen molar-refractivity contribution < 1.29 is 9.47 Å². The summed E-state index contributed by atoms with van der Waals surface area (Å²) in [7, 11) is 1.61. The molecule has 0 atom stereocenters. The van der Waals surface area contributed by atoms with Gasteiger partial charge in [-0.1, -0.05) is 30.3 Å². The van der Waals surface area contributed by atoms with Crippen LogP contribution in [0.3, 0.4) is 0 Å². The number of halogens is 1. The van der Waals surface area contributed by atoms with Crippen LogP contribution in [0.5, 0.6) is 11.5 Å². The summed E-state index contributed by atoms with van der Waals surface area (Å²) in [6.07, 6.45) is 1.68. The molecule has 0 radical (unpaired) electrons. The Bertz CT molecular complexity index is 957. The Morgan fingerprint density at radius 1 is 1.07 bits per heavy atom. The molecule has 144 valence electrons. The number of nitrogens with zero attached hydrogens (tertiary/aromatic N) is 3. The number of rotatable bonds is 7. The lowest BCUT2D eigenvalue weighted by molar-refractivity contribution is 0.282. The number of hydrogen-bond acceptors (Lipinski definition) is 6. The van der Waals surface area contributed by atoms with Gasteiger partial charge in [-0.2, -0.15) is 5.10 Å². The van der Waals surface area contributed by atoms with Crippen LogP contribution in [0.1, 0.15) is 22.5 Å². The van der Waals surface area contributed by atoms with Crippen molar-refractivity contribution in [3.8, 4) is 11.5 Å². The monoisotopic (exact) mass is 440 g/mol. The molecule has 6 nitrogen and oxygen atoms in total. The smallest absolute Gasteiger partial charge is 0.243 e. The Morgan fingerprint density at radius 3 is 2.46 bits per heavy atom. The topological polar surface area (TPSA) is 68.6 Å². The van der Waals surface area contributed by atoms with Crippen molar-refractivity contribution in [2.45, 2.75) is 20.5 Å². The van der Waals surface area contributed by atoms with Crippen LogP contribution in [-0.4, -0.2) is 23.3 Å². The van der Waals surface area contributed by atoms with Gasteiger partial charge in [0.15, 0.2) is 11.5 Å². The maximum atomic E-state index is 5.95. The number of methoxy groups -OCH3 is 1. The number of anilines is 1. The third-order valence-corrected chi connectivity index (χ3v) is 4.43. The first-order valence-electron chi connectivity index (χ1n) is 8.71. The van der Waals surface area contributed by atoms with E-state index in [9.17, 15) is 0 Å². The van der Waals surface area contributed by atoms with Gasteiger partial charge in [-0.25, -0.2) is 15.4 Å². The maximum Gasteiger partial charge on any atom is 0.243 e. The summed E-state index contributed by atoms with van der Waals surface area (Å²) in [6.45, 7) is 4.29. The normalized spacial score (nSPS) is 10.9. The highest BCUT2D eigenvalue weighted by Gasteiger charge is 2.11. The quantitative estimate of drug-likeness (QED) is 0.418. The molecule has 0 bridgehead atoms. The number of aryl methyl sites for hydroxylation is 2. The SMILES string of the molecule is COc1cc(/C=N/Nc2nc(C)cc(C)n2)cc(Br)c1OCc1ccccc1. The number of hydrogen-bond donors (Lipinski definition) is 1. The van der Waals surface area contributed by atoms with Gasteiger partial charge in [0.25, 0.3) is 0 Å². The molecule has 0 saturated heterocycles. The highest BCUT2D eigenvalue weighted by atomic mass is 79.9. The predicted molar refractivity (Wildman–Crippen MR) is 114 cm³/mol. The van der Waals surface area contributed by atoms with Crippen molar-refractivity contribution in [3.05, 3.63) is 75.5 Å². The molecule has 3 rings (SSSR count). The second-order valence-electron chi connectivity index (χ2n) is 6.15. The van der Waals surface area contributed by atoms with Gasteiger partial charge in [0.05, 0.1) is 17.8 Å². The molecule has 0 fully saturated rings. The van der Waals surface area contributed by atoms with E-state index >= 15 is 0 Å². The lowest BCUT2D eigenvalue weighted by Gasteiger charge is -2.13. The predicted octanol–water partition coefficient (Wildman–Crippen LogP) is 4.89. The molecular formula is C21H21BrN4O2. The third-order valence-electron chi connectivity index (χ3n) is 3.84. The summed E-state index contributed by atoms with van der Waals surface area (Å²) in [5, 5.41) is 4.22. The fourth-order valence-electron chi connectivity index (χ4n) is 2.62. The molecule has 0 spiro atoms. The van der Waals surface area contributed by atoms with Crippen LogP contribution in [0.15, 0.2) is 58.1 Å². The second-order valence-corrected chi connectivity index (χ2v) is 7.01. The zero-order valence-electron chi connectivity index (χ0n) is 15.9. The molecule has 0 amide bonds. The summed E-state index contributed by atoms with van der Waals surface area (Å²) in [5.74, 6) is 1.73. The molecule has 1 aromatic heterocycles. The third kappa shape index (κ3) is 5.29. The van der Waals surface area contributed by atoms with Crippen LogP contribution in [0.4, 0.5) is 5.95 Å². The second kappa shape index (κ2) is 9.32. The molecule has 1 N–H and O–H groups in total. The zero-order valence-corrected chi connectivity index (χ0v) is 17.5. The minimum Gasteiger partial charge on any atom is -0.493 e. The Hall–Kier alpha value is -2.93. The summed E-state index contributed by atoms with van der Waals surface area (Å²) < 4.78 is 12.2. The van der Waals surface area contributed by atoms with E-state index in [1.165, 1.54) is 0 Å². The standard InChI is InChI=1S/C21H21BrN4O2/c1-14-9-15(2)25-21(24-14)26-23-12-17-10-18(22)20(19(11-17)27-3)28-13-16-7-5-4-6-8-16/h4-12H,13H2,1-3H3,(H,24,25,26)/b23-12+. The number of benzene rings is 2. The van der Waals surface area contributed by atoms with Gasteiger partial charge >= 0.3 is 0 Å². The molecule has 28 heavy (non-hydrogen) atoms. The van der Waals surface area contributed by atoms with Gasteiger partial charge in [0, 0.05) is 11.4 Å². The van der Waals surface area contributed by atoms with Crippen LogP contribution >= 0.6 is 15.9 Å². The van der Waals surface area contributed by atoms with E-state index < -0.39 is 0 Å². The van der Waals surface area contributed by atoms with Gasteiger partial charge in [0.2, 0.25) is 5.95 Å². The van der Waals surface area contributed by atoms with Crippen LogP contribution < -0.4 is 14.9 Å². The van der Waals surface area contributed by atoms with E-state index in [0.29, 0.717) is 24.1 Å². The lowest BCUT2D eigenvalue weighted by atomic mass is 10.2. The molecule has 0 saturated carbocycles. The summed E-state index contributed by atoms with van der Waals surface area (Å²) in [6, 6.07) is 15.7. The highest BCUT2D eigenvalue weighted by Crippen LogP contribution is 2.36. The van der Waals surface area contributed by atoms with Crippen LogP contribution in [0.25, 0.3) is 0 Å². The summed E-state index contributed by atoms with van der Waals surface area (Å²) in [4.78, 5) is 8.59. The van der Waals surface area contributed by atoms with E-state index in [0.717, 1.165) is 27.0 Å². The molecule has 0 aliphatic carbocycles. The largest absolute Gasteiger partial charge is 0.493 e. The van der Waals surface area contributed by atoms with Crippen molar-refractivity contribution in [2.75, 3.05) is 12.5 Å². The summed E-state index contributed by atoms with van der Waals surface area (Å²) >= 11 is 3.56. The average Bonchev–Trinajstić information content (AvgIpc) is 2.67. The van der Waals surface area contributed by atoms with Crippen LogP contribution in [0, 0.1) is 13.8 Å². The molecule has 0 unspecified atom stereocenters. The number of hydrazone groups is 1. The van der Waals surface area contributed by atoms with Crippen molar-refractivity contribution in [1.82, 2.24) is 9.97 Å². The molecule has 7 heteroatoms. The van der Waals surface area contributed by atoms with Gasteiger partial charge in [-0.05, 0) is 59.1 Å². The van der Waals surface area contributed by atoms with E-state index in [-0.39, 0.29) is 0 Å². The van der Waals surface area contributed by atoms with Crippen molar-refractivity contribution in [2.24, 2.45) is 5.10 Å². The van der Waals surface area contributed by atoms with Gasteiger partial charge < -0.3 is 9.47 Å². The van der Waals surface area contributed by atoms with E-state index in [1.54, 1.807) is 13.3 Å². The minimum atomic E-state index is 0.453. The Kier molecular flexibility index (Phi) is 6.60. The number of ether oxygens (including phenoxy) is 2. The van der Waals surface area contributed by atoms with E-state index in [4.69, 9.17) is 9.47 Å². The lowest BCUT2D eigenvalue weighted by Crippen LogP contribution is -2.01. The molecule has 0 aliphatic rings. The molecule has 0 aliphatic heterocycles.